The number of H-pyrrole nitrogens is 1. The first kappa shape index (κ1) is 16.0. The number of aromatic amines is 1. The highest BCUT2D eigenvalue weighted by molar-refractivity contribution is 5.96. The number of hydrogen-bond acceptors (Lipinski definition) is 5. The summed E-state index contributed by atoms with van der Waals surface area (Å²) < 4.78 is 39.0. The lowest BCUT2D eigenvalue weighted by atomic mass is 10.1. The molecule has 0 unspecified atom stereocenters. The fraction of sp³-hybridized carbons (Fsp3) is 0.267. The van der Waals surface area contributed by atoms with Gasteiger partial charge in [0.05, 0.1) is 17.4 Å². The van der Waals surface area contributed by atoms with Gasteiger partial charge < -0.3 is 15.2 Å². The lowest BCUT2D eigenvalue weighted by Gasteiger charge is -2.16. The van der Waals surface area contributed by atoms with Crippen LogP contribution in [-0.2, 0) is 6.18 Å². The van der Waals surface area contributed by atoms with Crippen molar-refractivity contribution in [1.82, 2.24) is 19.9 Å². The van der Waals surface area contributed by atoms with E-state index in [1.54, 1.807) is 24.3 Å². The molecule has 0 saturated heterocycles. The molecule has 0 aliphatic heterocycles. The number of rotatable bonds is 3. The highest BCUT2D eigenvalue weighted by Crippen LogP contribution is 2.36. The molecule has 6 nitrogen and oxygen atoms in total. The fourth-order valence-electron chi connectivity index (χ4n) is 2.38. The van der Waals surface area contributed by atoms with Crippen LogP contribution in [0.5, 0.6) is 0 Å². The summed E-state index contributed by atoms with van der Waals surface area (Å²) in [4.78, 5) is 17.1. The third kappa shape index (κ3) is 2.72. The minimum atomic E-state index is -4.46. The summed E-state index contributed by atoms with van der Waals surface area (Å²) in [6.45, 7) is 0. The topological polar surface area (TPSA) is 69.7 Å². The normalized spacial score (nSPS) is 11.8. The molecule has 0 aliphatic carbocycles. The van der Waals surface area contributed by atoms with Crippen molar-refractivity contribution in [1.29, 1.82) is 0 Å². The SMILES string of the molecule is CNc1ncc(N(C)C)c(-c2c[nH]c3ncc(C(F)(F)F)cc23)n1. The molecule has 0 aromatic carbocycles. The van der Waals surface area contributed by atoms with Crippen LogP contribution >= 0.6 is 0 Å². The van der Waals surface area contributed by atoms with E-state index in [-0.39, 0.29) is 0 Å². The van der Waals surface area contributed by atoms with Crippen LogP contribution in [0.3, 0.4) is 0 Å². The third-order valence-electron chi connectivity index (χ3n) is 3.59. The van der Waals surface area contributed by atoms with Gasteiger partial charge in [0.2, 0.25) is 5.95 Å². The average molecular weight is 336 g/mol. The van der Waals surface area contributed by atoms with Crippen LogP contribution in [0.15, 0.2) is 24.7 Å². The lowest BCUT2D eigenvalue weighted by molar-refractivity contribution is -0.137. The number of aromatic nitrogens is 4. The molecule has 126 valence electrons. The van der Waals surface area contributed by atoms with E-state index in [0.29, 0.717) is 33.9 Å². The molecule has 3 aromatic heterocycles. The Kier molecular flexibility index (Phi) is 3.78. The average Bonchev–Trinajstić information content (AvgIpc) is 2.96. The lowest BCUT2D eigenvalue weighted by Crippen LogP contribution is -2.12. The van der Waals surface area contributed by atoms with Crippen molar-refractivity contribution in [2.24, 2.45) is 0 Å². The summed E-state index contributed by atoms with van der Waals surface area (Å²) in [5, 5.41) is 3.19. The van der Waals surface area contributed by atoms with Gasteiger partial charge in [0.15, 0.2) is 0 Å². The fourth-order valence-corrected chi connectivity index (χ4v) is 2.38. The van der Waals surface area contributed by atoms with Crippen LogP contribution in [-0.4, -0.2) is 41.1 Å². The second-order valence-corrected chi connectivity index (χ2v) is 5.39. The molecule has 3 aromatic rings. The predicted octanol–water partition coefficient (Wildman–Crippen LogP) is 3.15. The molecule has 0 amide bonds. The molecule has 0 bridgehead atoms. The van der Waals surface area contributed by atoms with Crippen LogP contribution in [0.4, 0.5) is 24.8 Å². The first-order valence-corrected chi connectivity index (χ1v) is 7.08. The Labute approximate surface area is 135 Å². The van der Waals surface area contributed by atoms with E-state index < -0.39 is 11.7 Å². The zero-order chi connectivity index (χ0) is 17.5. The molecule has 0 aliphatic rings. The van der Waals surface area contributed by atoms with Gasteiger partial charge in [0.25, 0.3) is 0 Å². The third-order valence-corrected chi connectivity index (χ3v) is 3.59. The van der Waals surface area contributed by atoms with Crippen LogP contribution in [0.2, 0.25) is 0 Å². The van der Waals surface area contributed by atoms with Gasteiger partial charge in [0, 0.05) is 44.5 Å². The van der Waals surface area contributed by atoms with Crippen LogP contribution in [0, 0.1) is 0 Å². The molecule has 24 heavy (non-hydrogen) atoms. The Balaban J connectivity index is 2.26. The van der Waals surface area contributed by atoms with Crippen molar-refractivity contribution in [3.8, 4) is 11.3 Å². The predicted molar refractivity (Wildman–Crippen MR) is 86.0 cm³/mol. The number of pyridine rings is 1. The van der Waals surface area contributed by atoms with Gasteiger partial charge in [-0.25, -0.2) is 15.0 Å². The van der Waals surface area contributed by atoms with E-state index in [9.17, 15) is 13.2 Å². The molecule has 3 heterocycles. The number of hydrogen-bond donors (Lipinski definition) is 2. The quantitative estimate of drug-likeness (QED) is 0.769. The largest absolute Gasteiger partial charge is 0.417 e. The van der Waals surface area contributed by atoms with E-state index in [2.05, 4.69) is 25.3 Å². The Bertz CT molecular complexity index is 885. The molecule has 0 fully saturated rings. The van der Waals surface area contributed by atoms with Gasteiger partial charge in [-0.2, -0.15) is 13.2 Å². The van der Waals surface area contributed by atoms with E-state index in [0.717, 1.165) is 12.3 Å². The molecule has 2 N–H and O–H groups in total. The van der Waals surface area contributed by atoms with Crippen LogP contribution < -0.4 is 10.2 Å². The highest BCUT2D eigenvalue weighted by atomic mass is 19.4. The highest BCUT2D eigenvalue weighted by Gasteiger charge is 2.31. The van der Waals surface area contributed by atoms with E-state index in [1.807, 2.05) is 14.1 Å². The van der Waals surface area contributed by atoms with E-state index in [1.165, 1.54) is 0 Å². The number of halogens is 3. The summed E-state index contributed by atoms with van der Waals surface area (Å²) in [6, 6.07) is 1.08. The van der Waals surface area contributed by atoms with Crippen molar-refractivity contribution in [2.45, 2.75) is 6.18 Å². The second-order valence-electron chi connectivity index (χ2n) is 5.39. The molecule has 0 saturated carbocycles. The summed E-state index contributed by atoms with van der Waals surface area (Å²) in [6.07, 6.45) is -0.420. The monoisotopic (exact) mass is 336 g/mol. The second kappa shape index (κ2) is 5.66. The van der Waals surface area contributed by atoms with Crippen molar-refractivity contribution in [2.75, 3.05) is 31.4 Å². The Morgan fingerprint density at radius 1 is 1.17 bits per heavy atom. The number of fused-ring (bicyclic) bond motifs is 1. The zero-order valence-electron chi connectivity index (χ0n) is 13.2. The first-order valence-electron chi connectivity index (χ1n) is 7.08. The van der Waals surface area contributed by atoms with Crippen LogP contribution in [0.25, 0.3) is 22.3 Å². The smallest absolute Gasteiger partial charge is 0.375 e. The molecular formula is C15H15F3N6. The van der Waals surface area contributed by atoms with E-state index >= 15 is 0 Å². The zero-order valence-corrected chi connectivity index (χ0v) is 13.2. The van der Waals surface area contributed by atoms with Crippen molar-refractivity contribution < 1.29 is 13.2 Å². The maximum Gasteiger partial charge on any atom is 0.417 e. The molecule has 0 spiro atoms. The maximum absolute atomic E-state index is 13.0. The Hall–Kier alpha value is -2.84. The minimum absolute atomic E-state index is 0.355. The van der Waals surface area contributed by atoms with Gasteiger partial charge >= 0.3 is 6.18 Å². The van der Waals surface area contributed by atoms with Gasteiger partial charge in [-0.1, -0.05) is 0 Å². The number of anilines is 2. The Morgan fingerprint density at radius 2 is 1.92 bits per heavy atom. The van der Waals surface area contributed by atoms with Crippen molar-refractivity contribution >= 4 is 22.7 Å². The molecular weight excluding hydrogens is 321 g/mol. The molecule has 0 radical (unpaired) electrons. The number of nitrogens with zero attached hydrogens (tertiary/aromatic N) is 4. The summed E-state index contributed by atoms with van der Waals surface area (Å²) >= 11 is 0. The minimum Gasteiger partial charge on any atom is -0.375 e. The maximum atomic E-state index is 13.0. The number of nitrogens with one attached hydrogen (secondary N) is 2. The van der Waals surface area contributed by atoms with Crippen molar-refractivity contribution in [3.05, 3.63) is 30.2 Å². The first-order chi connectivity index (χ1) is 11.3. The van der Waals surface area contributed by atoms with Gasteiger partial charge in [-0.05, 0) is 6.07 Å². The van der Waals surface area contributed by atoms with Crippen LogP contribution in [0.1, 0.15) is 5.56 Å². The van der Waals surface area contributed by atoms with Crippen molar-refractivity contribution in [3.63, 3.8) is 0 Å². The van der Waals surface area contributed by atoms with Gasteiger partial charge in [-0.15, -0.1) is 0 Å². The van der Waals surface area contributed by atoms with Gasteiger partial charge in [0.1, 0.15) is 11.3 Å². The molecule has 3 rings (SSSR count). The summed E-state index contributed by atoms with van der Waals surface area (Å²) in [5.74, 6) is 0.380. The van der Waals surface area contributed by atoms with E-state index in [4.69, 9.17) is 0 Å². The number of alkyl halides is 3. The standard InChI is InChI=1S/C15H15F3N6/c1-19-14-22-7-11(24(2)3)12(23-14)10-6-21-13-9(10)4-8(5-20-13)15(16,17)18/h4-7H,1-3H3,(H,20,21)(H,19,22,23). The van der Waals surface area contributed by atoms with Gasteiger partial charge in [-0.3, -0.25) is 0 Å². The molecule has 9 heteroatoms. The molecule has 0 atom stereocenters. The summed E-state index contributed by atoms with van der Waals surface area (Å²) in [5.41, 5.74) is 1.31. The Morgan fingerprint density at radius 3 is 2.54 bits per heavy atom. The summed E-state index contributed by atoms with van der Waals surface area (Å²) in [7, 11) is 5.30.